The zero-order valence-corrected chi connectivity index (χ0v) is 17.8. The summed E-state index contributed by atoms with van der Waals surface area (Å²) >= 11 is 0. The van der Waals surface area contributed by atoms with Crippen LogP contribution in [0.5, 0.6) is 0 Å². The molecule has 3 atom stereocenters. The molecule has 0 heterocycles. The number of nitrogens with two attached hydrogens (primary N) is 1. The molecule has 3 amide bonds. The van der Waals surface area contributed by atoms with E-state index >= 15 is 0 Å². The fraction of sp³-hybridized carbons (Fsp3) is 0.524. The zero-order valence-electron chi connectivity index (χ0n) is 17.8. The van der Waals surface area contributed by atoms with Crippen molar-refractivity contribution >= 4 is 23.7 Å². The van der Waals surface area contributed by atoms with Crippen LogP contribution in [-0.4, -0.2) is 53.5 Å². The lowest BCUT2D eigenvalue weighted by atomic mass is 10.0. The summed E-state index contributed by atoms with van der Waals surface area (Å²) in [6.45, 7) is 6.53. The Hall–Kier alpha value is -2.94. The Morgan fingerprint density at radius 2 is 1.53 bits per heavy atom. The van der Waals surface area contributed by atoms with E-state index in [-0.39, 0.29) is 18.3 Å². The number of amides is 3. The van der Waals surface area contributed by atoms with Crippen LogP contribution >= 0.6 is 0 Å². The van der Waals surface area contributed by atoms with Crippen molar-refractivity contribution in [2.24, 2.45) is 17.6 Å². The Morgan fingerprint density at radius 3 is 2.03 bits per heavy atom. The molecule has 3 unspecified atom stereocenters. The lowest BCUT2D eigenvalue weighted by molar-refractivity contribution is -0.143. The highest BCUT2D eigenvalue weighted by Gasteiger charge is 2.27. The third-order valence-corrected chi connectivity index (χ3v) is 4.61. The predicted molar refractivity (Wildman–Crippen MR) is 112 cm³/mol. The number of carboxylic acid groups (broad SMARTS) is 1. The average molecular weight is 421 g/mol. The van der Waals surface area contributed by atoms with Gasteiger partial charge in [0.1, 0.15) is 12.1 Å². The lowest BCUT2D eigenvalue weighted by Gasteiger charge is -2.23. The number of nitrogens with one attached hydrogen (secondary N) is 3. The number of aliphatic carboxylic acids is 1. The summed E-state index contributed by atoms with van der Waals surface area (Å²) in [4.78, 5) is 48.3. The number of hydrogen-bond donors (Lipinski definition) is 5. The third-order valence-electron chi connectivity index (χ3n) is 4.61. The maximum absolute atomic E-state index is 12.7. The van der Waals surface area contributed by atoms with E-state index in [9.17, 15) is 19.2 Å². The summed E-state index contributed by atoms with van der Waals surface area (Å²) in [5.41, 5.74) is 6.70. The van der Waals surface area contributed by atoms with Crippen LogP contribution in [0.15, 0.2) is 30.3 Å². The van der Waals surface area contributed by atoms with Gasteiger partial charge in [0.15, 0.2) is 0 Å². The van der Waals surface area contributed by atoms with Gasteiger partial charge in [0.05, 0.1) is 12.6 Å². The van der Waals surface area contributed by atoms with Crippen LogP contribution in [0.3, 0.4) is 0 Å². The van der Waals surface area contributed by atoms with E-state index in [1.54, 1.807) is 27.7 Å². The molecular weight excluding hydrogens is 388 g/mol. The van der Waals surface area contributed by atoms with Gasteiger partial charge in [-0.3, -0.25) is 14.4 Å². The Balaban J connectivity index is 2.80. The highest BCUT2D eigenvalue weighted by molar-refractivity contribution is 5.92. The van der Waals surface area contributed by atoms with Crippen molar-refractivity contribution in [1.29, 1.82) is 0 Å². The molecule has 0 saturated carbocycles. The number of benzene rings is 1. The van der Waals surface area contributed by atoms with Gasteiger partial charge in [-0.2, -0.15) is 0 Å². The first kappa shape index (κ1) is 25.1. The van der Waals surface area contributed by atoms with Gasteiger partial charge in [-0.25, -0.2) is 4.79 Å². The molecule has 166 valence electrons. The minimum Gasteiger partial charge on any atom is -0.480 e. The fourth-order valence-corrected chi connectivity index (χ4v) is 2.66. The maximum atomic E-state index is 12.7. The van der Waals surface area contributed by atoms with Crippen LogP contribution in [0.4, 0.5) is 0 Å². The van der Waals surface area contributed by atoms with Crippen LogP contribution in [0.1, 0.15) is 33.3 Å². The first-order chi connectivity index (χ1) is 14.0. The minimum absolute atomic E-state index is 0.111. The maximum Gasteiger partial charge on any atom is 0.326 e. The monoisotopic (exact) mass is 420 g/mol. The second-order valence-electron chi connectivity index (χ2n) is 7.87. The minimum atomic E-state index is -1.15. The molecule has 9 nitrogen and oxygen atoms in total. The Morgan fingerprint density at radius 1 is 0.933 bits per heavy atom. The molecule has 1 aromatic rings. The molecule has 0 radical (unpaired) electrons. The van der Waals surface area contributed by atoms with Crippen molar-refractivity contribution in [1.82, 2.24) is 16.0 Å². The Bertz CT molecular complexity index is 736. The van der Waals surface area contributed by atoms with Gasteiger partial charge in [-0.15, -0.1) is 0 Å². The highest BCUT2D eigenvalue weighted by atomic mass is 16.4. The van der Waals surface area contributed by atoms with Crippen molar-refractivity contribution in [3.63, 3.8) is 0 Å². The van der Waals surface area contributed by atoms with Gasteiger partial charge in [0, 0.05) is 6.42 Å². The zero-order chi connectivity index (χ0) is 22.8. The van der Waals surface area contributed by atoms with Crippen molar-refractivity contribution in [2.75, 3.05) is 6.54 Å². The molecule has 0 aliphatic carbocycles. The molecule has 0 aliphatic heterocycles. The summed E-state index contributed by atoms with van der Waals surface area (Å²) in [7, 11) is 0. The summed E-state index contributed by atoms with van der Waals surface area (Å²) in [6.07, 6.45) is 0.217. The Labute approximate surface area is 176 Å². The number of carbonyl (C=O) groups excluding carboxylic acids is 3. The normalized spacial score (nSPS) is 14.0. The van der Waals surface area contributed by atoms with Crippen LogP contribution in [0.25, 0.3) is 0 Å². The van der Waals surface area contributed by atoms with E-state index < -0.39 is 48.4 Å². The van der Waals surface area contributed by atoms with Gasteiger partial charge >= 0.3 is 5.97 Å². The molecule has 0 aromatic heterocycles. The molecule has 6 N–H and O–H groups in total. The second kappa shape index (κ2) is 11.9. The van der Waals surface area contributed by atoms with Crippen LogP contribution in [0.2, 0.25) is 0 Å². The molecule has 9 heteroatoms. The standard InChI is InChI=1S/C21H32N4O5/c1-12(2)17(22)20(28)24-15(10-14-8-6-5-7-9-14)19(27)23-11-16(26)25-18(13(3)4)21(29)30/h5-9,12-13,15,17-18H,10-11,22H2,1-4H3,(H,23,27)(H,24,28)(H,25,26)(H,29,30). The van der Waals surface area contributed by atoms with Crippen LogP contribution < -0.4 is 21.7 Å². The number of hydrogen-bond acceptors (Lipinski definition) is 5. The molecule has 1 aromatic carbocycles. The van der Waals surface area contributed by atoms with Gasteiger partial charge in [-0.1, -0.05) is 58.0 Å². The first-order valence-electron chi connectivity index (χ1n) is 9.92. The molecule has 1 rings (SSSR count). The molecule has 0 fully saturated rings. The highest BCUT2D eigenvalue weighted by Crippen LogP contribution is 2.06. The van der Waals surface area contributed by atoms with Crippen LogP contribution in [-0.2, 0) is 25.6 Å². The van der Waals surface area contributed by atoms with Crippen molar-refractivity contribution < 1.29 is 24.3 Å². The molecular formula is C21H32N4O5. The number of carbonyl (C=O) groups is 4. The van der Waals surface area contributed by atoms with E-state index in [2.05, 4.69) is 16.0 Å². The van der Waals surface area contributed by atoms with Crippen LogP contribution in [0, 0.1) is 11.8 Å². The average Bonchev–Trinajstić information content (AvgIpc) is 2.69. The summed E-state index contributed by atoms with van der Waals surface area (Å²) in [5.74, 6) is -3.23. The first-order valence-corrected chi connectivity index (χ1v) is 9.92. The number of rotatable bonds is 11. The quantitative estimate of drug-likeness (QED) is 0.341. The van der Waals surface area contributed by atoms with E-state index in [0.29, 0.717) is 0 Å². The van der Waals surface area contributed by atoms with E-state index in [1.807, 2.05) is 30.3 Å². The molecule has 0 aliphatic rings. The lowest BCUT2D eigenvalue weighted by Crippen LogP contribution is -2.55. The molecule has 30 heavy (non-hydrogen) atoms. The second-order valence-corrected chi connectivity index (χ2v) is 7.87. The van der Waals surface area contributed by atoms with Gasteiger partial charge in [0.25, 0.3) is 0 Å². The molecule has 0 bridgehead atoms. The van der Waals surface area contributed by atoms with E-state index in [1.165, 1.54) is 0 Å². The summed E-state index contributed by atoms with van der Waals surface area (Å²) < 4.78 is 0. The van der Waals surface area contributed by atoms with Gasteiger partial charge in [0.2, 0.25) is 17.7 Å². The summed E-state index contributed by atoms with van der Waals surface area (Å²) in [6, 6.07) is 6.35. The smallest absolute Gasteiger partial charge is 0.326 e. The third kappa shape index (κ3) is 8.20. The largest absolute Gasteiger partial charge is 0.480 e. The van der Waals surface area contributed by atoms with Crippen molar-refractivity contribution in [3.05, 3.63) is 35.9 Å². The van der Waals surface area contributed by atoms with E-state index in [4.69, 9.17) is 10.8 Å². The van der Waals surface area contributed by atoms with E-state index in [0.717, 1.165) is 5.56 Å². The topological polar surface area (TPSA) is 151 Å². The summed E-state index contributed by atoms with van der Waals surface area (Å²) in [5, 5.41) is 16.6. The SMILES string of the molecule is CC(C)C(N)C(=O)NC(Cc1ccccc1)C(=O)NCC(=O)NC(C(=O)O)C(C)C. The molecule has 0 saturated heterocycles. The van der Waals surface area contributed by atoms with Crippen molar-refractivity contribution in [2.45, 2.75) is 52.2 Å². The molecule has 0 spiro atoms. The van der Waals surface area contributed by atoms with Gasteiger partial charge in [-0.05, 0) is 17.4 Å². The number of carboxylic acids is 1. The predicted octanol–water partition coefficient (Wildman–Crippen LogP) is 0.0388. The van der Waals surface area contributed by atoms with Crippen molar-refractivity contribution in [3.8, 4) is 0 Å². The Kier molecular flexibility index (Phi) is 9.97. The van der Waals surface area contributed by atoms with Gasteiger partial charge < -0.3 is 26.8 Å². The fourth-order valence-electron chi connectivity index (χ4n) is 2.66.